The maximum atomic E-state index is 12.4. The van der Waals surface area contributed by atoms with Gasteiger partial charge < -0.3 is 5.73 Å². The lowest BCUT2D eigenvalue weighted by Gasteiger charge is -2.23. The van der Waals surface area contributed by atoms with Crippen LogP contribution in [0.5, 0.6) is 0 Å². The average molecular weight is 274 g/mol. The molecule has 0 unspecified atom stereocenters. The second-order valence-corrected chi connectivity index (χ2v) is 5.11. The Morgan fingerprint density at radius 1 is 1.16 bits per heavy atom. The Bertz CT molecular complexity index is 371. The van der Waals surface area contributed by atoms with E-state index in [1.807, 2.05) is 0 Å². The van der Waals surface area contributed by atoms with Crippen molar-refractivity contribution in [3.8, 4) is 0 Å². The van der Waals surface area contributed by atoms with Gasteiger partial charge in [0, 0.05) is 26.2 Å². The van der Waals surface area contributed by atoms with E-state index < -0.39 is 11.7 Å². The largest absolute Gasteiger partial charge is 0.416 e. The van der Waals surface area contributed by atoms with E-state index in [1.54, 1.807) is 0 Å². The van der Waals surface area contributed by atoms with Gasteiger partial charge in [-0.2, -0.15) is 13.2 Å². The quantitative estimate of drug-likeness (QED) is 0.863. The van der Waals surface area contributed by atoms with Gasteiger partial charge in [-0.15, -0.1) is 0 Å². The summed E-state index contributed by atoms with van der Waals surface area (Å²) in [6.45, 7) is 7.03. The summed E-state index contributed by atoms with van der Waals surface area (Å²) in [5.41, 5.74) is 5.82. The number of alkyl halides is 3. The summed E-state index contributed by atoms with van der Waals surface area (Å²) < 4.78 is 37.3. The van der Waals surface area contributed by atoms with Crippen LogP contribution in [-0.2, 0) is 12.7 Å². The lowest BCUT2D eigenvalue weighted by atomic mass is 10.1. The van der Waals surface area contributed by atoms with E-state index in [0.29, 0.717) is 19.0 Å². The fraction of sp³-hybridized carbons (Fsp3) is 0.571. The Morgan fingerprint density at radius 2 is 1.74 bits per heavy atom. The summed E-state index contributed by atoms with van der Waals surface area (Å²) in [7, 11) is 0. The zero-order chi connectivity index (χ0) is 14.5. The van der Waals surface area contributed by atoms with E-state index in [-0.39, 0.29) is 0 Å². The first-order chi connectivity index (χ1) is 8.82. The molecule has 2 nitrogen and oxygen atoms in total. The molecule has 0 fully saturated rings. The molecule has 19 heavy (non-hydrogen) atoms. The molecule has 0 spiro atoms. The van der Waals surface area contributed by atoms with Gasteiger partial charge in [0.05, 0.1) is 5.56 Å². The topological polar surface area (TPSA) is 29.3 Å². The highest BCUT2D eigenvalue weighted by atomic mass is 19.4. The first-order valence-corrected chi connectivity index (χ1v) is 6.41. The van der Waals surface area contributed by atoms with Crippen LogP contribution in [0.15, 0.2) is 24.3 Å². The molecule has 1 rings (SSSR count). The molecule has 2 N–H and O–H groups in total. The minimum Gasteiger partial charge on any atom is -0.329 e. The van der Waals surface area contributed by atoms with Crippen LogP contribution < -0.4 is 5.73 Å². The number of halogens is 3. The van der Waals surface area contributed by atoms with E-state index in [4.69, 9.17) is 5.73 Å². The van der Waals surface area contributed by atoms with Crippen LogP contribution in [0.2, 0.25) is 0 Å². The summed E-state index contributed by atoms with van der Waals surface area (Å²) in [5.74, 6) is 0.501. The van der Waals surface area contributed by atoms with Gasteiger partial charge in [-0.1, -0.05) is 26.0 Å². The first kappa shape index (κ1) is 16.0. The summed E-state index contributed by atoms with van der Waals surface area (Å²) in [6, 6.07) is 5.33. The molecule has 0 bridgehead atoms. The molecule has 0 saturated heterocycles. The lowest BCUT2D eigenvalue weighted by Crippen LogP contribution is -2.32. The monoisotopic (exact) mass is 274 g/mol. The summed E-state index contributed by atoms with van der Waals surface area (Å²) in [4.78, 5) is 2.16. The van der Waals surface area contributed by atoms with Crippen molar-refractivity contribution < 1.29 is 13.2 Å². The van der Waals surface area contributed by atoms with Crippen molar-refractivity contribution in [2.45, 2.75) is 26.6 Å². The second-order valence-electron chi connectivity index (χ2n) is 5.11. The number of nitrogens with zero attached hydrogens (tertiary/aromatic N) is 1. The van der Waals surface area contributed by atoms with E-state index in [0.717, 1.165) is 30.8 Å². The summed E-state index contributed by atoms with van der Waals surface area (Å²) in [6.07, 6.45) is -4.27. The SMILES string of the molecule is CC(C)CN(CCN)Cc1ccc(C(F)(F)F)cc1. The molecule has 0 heterocycles. The van der Waals surface area contributed by atoms with E-state index in [1.165, 1.54) is 12.1 Å². The highest BCUT2D eigenvalue weighted by Gasteiger charge is 2.29. The van der Waals surface area contributed by atoms with Crippen LogP contribution in [-0.4, -0.2) is 24.5 Å². The zero-order valence-electron chi connectivity index (χ0n) is 11.4. The van der Waals surface area contributed by atoms with Gasteiger partial charge >= 0.3 is 6.18 Å². The van der Waals surface area contributed by atoms with Crippen molar-refractivity contribution in [1.29, 1.82) is 0 Å². The molecule has 0 saturated carbocycles. The normalized spacial score (nSPS) is 12.4. The minimum absolute atomic E-state index is 0.501. The highest BCUT2D eigenvalue weighted by Crippen LogP contribution is 2.29. The van der Waals surface area contributed by atoms with Crippen molar-refractivity contribution in [3.05, 3.63) is 35.4 Å². The van der Waals surface area contributed by atoms with E-state index in [2.05, 4.69) is 18.7 Å². The van der Waals surface area contributed by atoms with Crippen molar-refractivity contribution in [2.24, 2.45) is 11.7 Å². The highest BCUT2D eigenvalue weighted by molar-refractivity contribution is 5.24. The van der Waals surface area contributed by atoms with Gasteiger partial charge in [-0.3, -0.25) is 4.90 Å². The molecule has 0 amide bonds. The summed E-state index contributed by atoms with van der Waals surface area (Å²) >= 11 is 0. The van der Waals surface area contributed by atoms with Gasteiger partial charge in [0.1, 0.15) is 0 Å². The molecule has 1 aromatic carbocycles. The molecule has 0 aliphatic carbocycles. The second kappa shape index (κ2) is 6.91. The average Bonchev–Trinajstić information content (AvgIpc) is 2.28. The Balaban J connectivity index is 2.69. The number of hydrogen-bond donors (Lipinski definition) is 1. The molecule has 5 heteroatoms. The van der Waals surface area contributed by atoms with Crippen molar-refractivity contribution in [3.63, 3.8) is 0 Å². The van der Waals surface area contributed by atoms with Crippen LogP contribution in [0, 0.1) is 5.92 Å². The third-order valence-corrected chi connectivity index (χ3v) is 2.76. The smallest absolute Gasteiger partial charge is 0.329 e. The number of rotatable bonds is 6. The Morgan fingerprint density at radius 3 is 2.16 bits per heavy atom. The van der Waals surface area contributed by atoms with Crippen LogP contribution in [0.25, 0.3) is 0 Å². The van der Waals surface area contributed by atoms with Crippen LogP contribution in [0.3, 0.4) is 0 Å². The fourth-order valence-electron chi connectivity index (χ4n) is 1.99. The van der Waals surface area contributed by atoms with Crippen molar-refractivity contribution >= 4 is 0 Å². The Kier molecular flexibility index (Phi) is 5.82. The van der Waals surface area contributed by atoms with Gasteiger partial charge in [-0.05, 0) is 23.6 Å². The van der Waals surface area contributed by atoms with Crippen molar-refractivity contribution in [2.75, 3.05) is 19.6 Å². The van der Waals surface area contributed by atoms with Crippen LogP contribution in [0.1, 0.15) is 25.0 Å². The third-order valence-electron chi connectivity index (χ3n) is 2.76. The molecule has 0 aliphatic rings. The lowest BCUT2D eigenvalue weighted by molar-refractivity contribution is -0.137. The Labute approximate surface area is 112 Å². The molecule has 0 aromatic heterocycles. The first-order valence-electron chi connectivity index (χ1n) is 6.41. The zero-order valence-corrected chi connectivity index (χ0v) is 11.4. The molecular formula is C14H21F3N2. The predicted molar refractivity (Wildman–Crippen MR) is 70.6 cm³/mol. The molecule has 0 atom stereocenters. The van der Waals surface area contributed by atoms with Gasteiger partial charge in [0.15, 0.2) is 0 Å². The third kappa shape index (κ3) is 5.61. The number of hydrogen-bond acceptors (Lipinski definition) is 2. The fourth-order valence-corrected chi connectivity index (χ4v) is 1.99. The van der Waals surface area contributed by atoms with Crippen LogP contribution in [0.4, 0.5) is 13.2 Å². The summed E-state index contributed by atoms with van der Waals surface area (Å²) in [5, 5.41) is 0. The minimum atomic E-state index is -4.27. The van der Waals surface area contributed by atoms with Crippen LogP contribution >= 0.6 is 0 Å². The standard InChI is InChI=1S/C14H21F3N2/c1-11(2)9-19(8-7-18)10-12-3-5-13(6-4-12)14(15,16)17/h3-6,11H,7-10,18H2,1-2H3. The maximum Gasteiger partial charge on any atom is 0.416 e. The number of nitrogens with two attached hydrogens (primary N) is 1. The van der Waals surface area contributed by atoms with Gasteiger partial charge in [0.2, 0.25) is 0 Å². The molecule has 108 valence electrons. The molecule has 0 radical (unpaired) electrons. The van der Waals surface area contributed by atoms with E-state index >= 15 is 0 Å². The molecular weight excluding hydrogens is 253 g/mol. The van der Waals surface area contributed by atoms with Gasteiger partial charge in [-0.25, -0.2) is 0 Å². The molecule has 1 aromatic rings. The van der Waals surface area contributed by atoms with Crippen molar-refractivity contribution in [1.82, 2.24) is 4.90 Å². The number of benzene rings is 1. The van der Waals surface area contributed by atoms with Gasteiger partial charge in [0.25, 0.3) is 0 Å². The Hall–Kier alpha value is -1.07. The maximum absolute atomic E-state index is 12.4. The van der Waals surface area contributed by atoms with E-state index in [9.17, 15) is 13.2 Å². The molecule has 0 aliphatic heterocycles. The predicted octanol–water partition coefficient (Wildman–Crippen LogP) is 3.12.